The summed E-state index contributed by atoms with van der Waals surface area (Å²) in [7, 11) is 0. The van der Waals surface area contributed by atoms with Gasteiger partial charge in [0.1, 0.15) is 11.9 Å². The lowest BCUT2D eigenvalue weighted by Gasteiger charge is -2.17. The molecule has 1 N–H and O–H groups in total. The number of hydrogen-bond acceptors (Lipinski definition) is 6. The second kappa shape index (κ2) is 9.09. The Morgan fingerprint density at radius 1 is 1.48 bits per heavy atom. The number of carbonyl (C=O) groups is 1. The highest BCUT2D eigenvalue weighted by Crippen LogP contribution is 2.32. The van der Waals surface area contributed by atoms with E-state index in [1.165, 1.54) is 11.0 Å². The number of likely N-dealkylation sites (tertiary alicyclic amines) is 1. The summed E-state index contributed by atoms with van der Waals surface area (Å²) >= 11 is 1.63. The number of carbonyl (C=O) groups excluding carboxylic acids is 1. The van der Waals surface area contributed by atoms with Crippen molar-refractivity contribution in [2.24, 2.45) is 5.92 Å². The number of aromatic nitrogens is 3. The predicted octanol–water partition coefficient (Wildman–Crippen LogP) is 4.62. The maximum Gasteiger partial charge on any atom is 0.246 e. The normalized spacial score (nSPS) is 16.3. The molecule has 3 aromatic heterocycles. The second-order valence-corrected chi connectivity index (χ2v) is 9.35. The number of nitrogens with zero attached hydrogens (tertiary/aromatic N) is 4. The van der Waals surface area contributed by atoms with Crippen LogP contribution >= 0.6 is 11.3 Å². The maximum absolute atomic E-state index is 11.9. The summed E-state index contributed by atoms with van der Waals surface area (Å²) in [5.74, 6) is 1.76. The number of anilines is 2. The number of ether oxygens (including phenoxy) is 1. The Bertz CT molecular complexity index is 1090. The SMILES string of the molecule is C=CC(=O)N1CC[C@H](Oc2nc(Nc3ncc(CC)s3)cc3c2ccn3CC(C)C)C1. The molecular weight excluding hydrogens is 410 g/mol. The second-order valence-electron chi connectivity index (χ2n) is 8.23. The van der Waals surface area contributed by atoms with Crippen molar-refractivity contribution in [2.75, 3.05) is 18.4 Å². The zero-order chi connectivity index (χ0) is 22.0. The Morgan fingerprint density at radius 2 is 2.32 bits per heavy atom. The molecule has 31 heavy (non-hydrogen) atoms. The third kappa shape index (κ3) is 4.74. The molecule has 7 nitrogen and oxygen atoms in total. The summed E-state index contributed by atoms with van der Waals surface area (Å²) in [6.45, 7) is 12.2. The van der Waals surface area contributed by atoms with E-state index < -0.39 is 0 Å². The van der Waals surface area contributed by atoms with Crippen LogP contribution in [0.4, 0.5) is 10.9 Å². The number of thiazole rings is 1. The molecule has 4 rings (SSSR count). The molecule has 3 aromatic rings. The van der Waals surface area contributed by atoms with Gasteiger partial charge in [-0.25, -0.2) is 4.98 Å². The summed E-state index contributed by atoms with van der Waals surface area (Å²) in [4.78, 5) is 24.2. The zero-order valence-electron chi connectivity index (χ0n) is 18.3. The quantitative estimate of drug-likeness (QED) is 0.519. The van der Waals surface area contributed by atoms with E-state index in [1.54, 1.807) is 16.2 Å². The van der Waals surface area contributed by atoms with Crippen molar-refractivity contribution in [3.63, 3.8) is 0 Å². The standard InChI is InChI=1S/C23H29N5O2S/c1-5-17-12-24-23(31-17)26-20-11-19-18(8-10-27(19)13-15(3)4)22(25-20)30-16-7-9-28(14-16)21(29)6-2/h6,8,10-12,15-16H,2,5,7,9,13-14H2,1,3-4H3,(H,24,25,26)/t16-/m0/s1. The largest absolute Gasteiger partial charge is 0.472 e. The van der Waals surface area contributed by atoms with Gasteiger partial charge in [-0.2, -0.15) is 4.98 Å². The molecule has 1 atom stereocenters. The molecule has 1 amide bonds. The fourth-order valence-electron chi connectivity index (χ4n) is 3.81. The molecule has 8 heteroatoms. The first-order valence-corrected chi connectivity index (χ1v) is 11.6. The first kappa shape index (κ1) is 21.4. The van der Waals surface area contributed by atoms with E-state index in [1.807, 2.05) is 6.20 Å². The lowest BCUT2D eigenvalue weighted by Crippen LogP contribution is -2.29. The Morgan fingerprint density at radius 3 is 3.03 bits per heavy atom. The predicted molar refractivity (Wildman–Crippen MR) is 125 cm³/mol. The first-order chi connectivity index (χ1) is 15.0. The van der Waals surface area contributed by atoms with E-state index in [0.717, 1.165) is 35.4 Å². The van der Waals surface area contributed by atoms with Crippen LogP contribution in [0.25, 0.3) is 10.9 Å². The van der Waals surface area contributed by atoms with E-state index in [-0.39, 0.29) is 12.0 Å². The number of fused-ring (bicyclic) bond motifs is 1. The van der Waals surface area contributed by atoms with Crippen molar-refractivity contribution in [3.05, 3.63) is 42.1 Å². The van der Waals surface area contributed by atoms with Gasteiger partial charge >= 0.3 is 0 Å². The average molecular weight is 440 g/mol. The molecular formula is C23H29N5O2S. The minimum absolute atomic E-state index is 0.0572. The number of nitrogens with one attached hydrogen (secondary N) is 1. The van der Waals surface area contributed by atoms with Crippen LogP contribution in [0, 0.1) is 5.92 Å². The fourth-order valence-corrected chi connectivity index (χ4v) is 4.57. The van der Waals surface area contributed by atoms with Crippen LogP contribution in [0.2, 0.25) is 0 Å². The number of pyridine rings is 1. The smallest absolute Gasteiger partial charge is 0.246 e. The van der Waals surface area contributed by atoms with Crippen LogP contribution in [0.5, 0.6) is 5.88 Å². The number of rotatable bonds is 8. The number of amides is 1. The molecule has 0 unspecified atom stereocenters. The van der Waals surface area contributed by atoms with Crippen molar-refractivity contribution < 1.29 is 9.53 Å². The van der Waals surface area contributed by atoms with E-state index >= 15 is 0 Å². The van der Waals surface area contributed by atoms with E-state index in [4.69, 9.17) is 9.72 Å². The van der Waals surface area contributed by atoms with Gasteiger partial charge in [0, 0.05) is 42.8 Å². The van der Waals surface area contributed by atoms with Crippen molar-refractivity contribution >= 4 is 39.1 Å². The third-order valence-electron chi connectivity index (χ3n) is 5.34. The maximum atomic E-state index is 11.9. The highest BCUT2D eigenvalue weighted by Gasteiger charge is 2.27. The molecule has 0 bridgehead atoms. The summed E-state index contributed by atoms with van der Waals surface area (Å²) in [6.07, 6.45) is 6.99. The lowest BCUT2D eigenvalue weighted by atomic mass is 10.2. The van der Waals surface area contributed by atoms with Crippen LogP contribution in [-0.4, -0.2) is 44.5 Å². The number of hydrogen-bond donors (Lipinski definition) is 1. The number of aryl methyl sites for hydroxylation is 1. The first-order valence-electron chi connectivity index (χ1n) is 10.8. The molecule has 0 spiro atoms. The highest BCUT2D eigenvalue weighted by molar-refractivity contribution is 7.15. The van der Waals surface area contributed by atoms with Gasteiger partial charge in [-0.3, -0.25) is 4.79 Å². The summed E-state index contributed by atoms with van der Waals surface area (Å²) < 4.78 is 8.56. The van der Waals surface area contributed by atoms with Crippen molar-refractivity contribution in [2.45, 2.75) is 46.3 Å². The minimum Gasteiger partial charge on any atom is -0.472 e. The van der Waals surface area contributed by atoms with Crippen LogP contribution in [-0.2, 0) is 17.8 Å². The van der Waals surface area contributed by atoms with Gasteiger partial charge in [-0.1, -0.05) is 27.4 Å². The van der Waals surface area contributed by atoms with Crippen molar-refractivity contribution in [1.29, 1.82) is 0 Å². The average Bonchev–Trinajstić information content (AvgIpc) is 3.48. The van der Waals surface area contributed by atoms with E-state index in [2.05, 4.69) is 60.5 Å². The Hall–Kier alpha value is -2.87. The molecule has 1 saturated heterocycles. The molecule has 1 aliphatic rings. The molecule has 0 aliphatic carbocycles. The van der Waals surface area contributed by atoms with Gasteiger partial charge < -0.3 is 19.5 Å². The van der Waals surface area contributed by atoms with Crippen molar-refractivity contribution in [1.82, 2.24) is 19.4 Å². The summed E-state index contributed by atoms with van der Waals surface area (Å²) in [5.41, 5.74) is 1.07. The minimum atomic E-state index is -0.0881. The van der Waals surface area contributed by atoms with Gasteiger partial charge in [0.05, 0.1) is 17.4 Å². The van der Waals surface area contributed by atoms with E-state index in [9.17, 15) is 4.79 Å². The Labute approximate surface area is 186 Å². The topological polar surface area (TPSA) is 72.3 Å². The monoisotopic (exact) mass is 439 g/mol. The molecule has 1 aliphatic heterocycles. The van der Waals surface area contributed by atoms with Crippen LogP contribution < -0.4 is 10.1 Å². The van der Waals surface area contributed by atoms with Gasteiger partial charge in [-0.15, -0.1) is 11.3 Å². The van der Waals surface area contributed by atoms with Crippen LogP contribution in [0.15, 0.2) is 37.2 Å². The molecule has 0 saturated carbocycles. The van der Waals surface area contributed by atoms with Gasteiger partial charge in [0.15, 0.2) is 5.13 Å². The van der Waals surface area contributed by atoms with E-state index in [0.29, 0.717) is 30.7 Å². The van der Waals surface area contributed by atoms with Gasteiger partial charge in [-0.05, 0) is 24.5 Å². The van der Waals surface area contributed by atoms with Crippen molar-refractivity contribution in [3.8, 4) is 5.88 Å². The van der Waals surface area contributed by atoms with Gasteiger partial charge in [0.25, 0.3) is 0 Å². The molecule has 164 valence electrons. The molecule has 4 heterocycles. The third-order valence-corrected chi connectivity index (χ3v) is 6.40. The fraction of sp³-hybridized carbons (Fsp3) is 0.435. The highest BCUT2D eigenvalue weighted by atomic mass is 32.1. The molecule has 0 radical (unpaired) electrons. The molecule has 1 fully saturated rings. The Balaban J connectivity index is 1.64. The van der Waals surface area contributed by atoms with Gasteiger partial charge in [0.2, 0.25) is 11.8 Å². The van der Waals surface area contributed by atoms with Crippen LogP contribution in [0.1, 0.15) is 32.1 Å². The lowest BCUT2D eigenvalue weighted by molar-refractivity contribution is -0.125. The summed E-state index contributed by atoms with van der Waals surface area (Å²) in [6, 6.07) is 4.11. The van der Waals surface area contributed by atoms with Crippen LogP contribution in [0.3, 0.4) is 0 Å². The summed E-state index contributed by atoms with van der Waals surface area (Å²) in [5, 5.41) is 5.15. The Kier molecular flexibility index (Phi) is 6.27. The zero-order valence-corrected chi connectivity index (χ0v) is 19.1. The molecule has 0 aromatic carbocycles.